The van der Waals surface area contributed by atoms with Crippen LogP contribution in [0, 0.1) is 11.6 Å². The number of nitrogens with one attached hydrogen (secondary N) is 2. The average Bonchev–Trinajstić information content (AvgIpc) is 1.47. The maximum Gasteiger partial charge on any atom is 0.490 e. The molecular weight excluding hydrogens is 1370 g/mol. The molecule has 0 radical (unpaired) electrons. The van der Waals surface area contributed by atoms with E-state index in [-0.39, 0.29) is 48.9 Å². The van der Waals surface area contributed by atoms with Gasteiger partial charge in [0.25, 0.3) is 0 Å². The number of phosphoric ester groups is 1. The number of ether oxygens (including phenoxy) is 2. The second-order valence-corrected chi connectivity index (χ2v) is 31.2. The van der Waals surface area contributed by atoms with Crippen molar-refractivity contribution in [2.24, 2.45) is 10.2 Å². The van der Waals surface area contributed by atoms with Gasteiger partial charge in [0.05, 0.1) is 24.6 Å². The van der Waals surface area contributed by atoms with Crippen LogP contribution in [0.1, 0.15) is 175 Å². The molecule has 2 aliphatic heterocycles. The summed E-state index contributed by atoms with van der Waals surface area (Å²) in [5.74, 6) is -2.33. The smallest absolute Gasteiger partial charge is 0.393 e. The number of azide groups is 2. The van der Waals surface area contributed by atoms with Crippen molar-refractivity contribution in [1.82, 2.24) is 39.4 Å². The molecule has 11 atom stereocenters. The van der Waals surface area contributed by atoms with Crippen LogP contribution in [-0.2, 0) is 55.3 Å². The Bertz CT molecular complexity index is 3190. The number of fused-ring (bicyclic) bond motifs is 2. The van der Waals surface area contributed by atoms with E-state index in [4.69, 9.17) is 52.3 Å². The van der Waals surface area contributed by atoms with Crippen LogP contribution < -0.4 is 26.5 Å². The van der Waals surface area contributed by atoms with Crippen LogP contribution >= 0.6 is 38.2 Å². The second kappa shape index (κ2) is 41.1. The Labute approximate surface area is 538 Å². The number of nitrogens with two attached hydrogens (primary N) is 2. The Morgan fingerprint density at radius 3 is 1.43 bits per heavy atom. The topological polar surface area (TPSA) is 581 Å². The molecule has 2 saturated heterocycles. The Balaban J connectivity index is 0.000000650. The van der Waals surface area contributed by atoms with Gasteiger partial charge >= 0.3 is 135 Å². The van der Waals surface area contributed by atoms with Gasteiger partial charge in [-0.2, -0.15) is 18.8 Å². The van der Waals surface area contributed by atoms with Gasteiger partial charge in [-0.1, -0.05) is 122 Å². The van der Waals surface area contributed by atoms with Gasteiger partial charge in [0.15, 0.2) is 47.1 Å². The van der Waals surface area contributed by atoms with E-state index in [1.165, 1.54) is 77.0 Å². The number of aliphatic hydroxyl groups is 3. The minimum absolute atomic E-state index is 0. The molecule has 2 aliphatic rings. The van der Waals surface area contributed by atoms with Gasteiger partial charge in [-0.25, -0.2) is 50.3 Å². The summed E-state index contributed by atoms with van der Waals surface area (Å²) in [6, 6.07) is 1.65. The number of anilines is 2. The molecule has 4 aromatic rings. The summed E-state index contributed by atoms with van der Waals surface area (Å²) < 4.78 is 135. The summed E-state index contributed by atoms with van der Waals surface area (Å²) in [6.07, 6.45) is 9.26. The summed E-state index contributed by atoms with van der Waals surface area (Å²) in [5.41, 5.74) is 22.4. The van der Waals surface area contributed by atoms with Crippen molar-refractivity contribution in [3.05, 3.63) is 68.7 Å². The fraction of sp³-hybridized carbons (Fsp3) is 0.745. The van der Waals surface area contributed by atoms with Crippen LogP contribution in [0.2, 0.25) is 0 Å². The number of nitrogens with zero attached hydrogens (tertiary/aromatic N) is 12. The van der Waals surface area contributed by atoms with E-state index in [1.807, 2.05) is 13.8 Å². The number of hydrogen-bond acceptors (Lipinski definition) is 28. The van der Waals surface area contributed by atoms with E-state index in [0.29, 0.717) is 12.8 Å². The standard InChI is InChI=1S/C11H14F2N7O12P3.C11H11F2N7O3.C8H22N2O7P2.2C8H18.CH4/c12-4-1-5(20-7(4)10(14)16-3-17-20)8-6(13)9(21)11(30-8,18-19-15)2-29-34(25,26)32-35(27,28)31-33(22,23)24;12-4-1-5(20-7(4)10(14)16-3-17-20)8-6(13)9(22)11(2-21,23-8)18-19-15;1-3-5-7-9-19(16-12,17-15-11,18(13)14)10-8-6-4-2;2*1-3-5-7-8-6-4-2;/h1,3,6,8-9,21H,2H2,(H,25,26)(H,27,28)(H2,14,16,17)(H2,22,23,24);1,3,6,8-9,21-22H,2H2,(H2,14,16,17);9-12H,3-8H2,1-2H3;2*3-8H2,1-2H3;1H4/t2*6-,8-,9-,11+;;;;/m00..../s1. The van der Waals surface area contributed by atoms with Crippen molar-refractivity contribution in [2.75, 3.05) is 37.8 Å². The number of aromatic nitrogens is 6. The minimum atomic E-state index is -5.90. The minimum Gasteiger partial charge on any atom is -0.393 e. The predicted molar refractivity (Wildman–Crippen MR) is 329 cm³/mol. The van der Waals surface area contributed by atoms with E-state index in [1.54, 1.807) is 0 Å². The van der Waals surface area contributed by atoms with Crippen molar-refractivity contribution in [3.63, 3.8) is 0 Å². The first-order valence-electron chi connectivity index (χ1n) is 28.9. The fourth-order valence-corrected chi connectivity index (χ4v) is 15.3. The quantitative estimate of drug-likeness (QED) is 0.00302. The van der Waals surface area contributed by atoms with Crippen molar-refractivity contribution in [3.8, 4) is 0 Å². The average molecular weight is 1460 g/mol. The molecule has 0 spiro atoms. The zero-order chi connectivity index (χ0) is 70.5. The van der Waals surface area contributed by atoms with E-state index < -0.39 is 117 Å². The van der Waals surface area contributed by atoms with Crippen LogP contribution in [0.15, 0.2) is 35.0 Å². The normalized spacial score (nSPS) is 22.7. The molecule has 0 aromatic carbocycles. The molecule has 47 heteroatoms. The van der Waals surface area contributed by atoms with Gasteiger partial charge in [-0.15, -0.1) is 0 Å². The monoisotopic (exact) mass is 1460 g/mol. The molecule has 6 rings (SSSR count). The SMILES string of the molecule is C.CCCCCCCC.CCCCCCCC.CCCCNP(NCCCC)(OO)(OOO)[P+](=O)[O-].[N-]=[N+]=N[C@]1(CO)O[C@@H](c2cc(F)c3c(N)ncnn23)[C@H](F)[C@@H]1O.[N-]=[N+]=N[C@]1(COP(=O)(O)OP(=O)(O)OP(=O)(O)O)O[C@@H](c2cc(F)c3c(N)ncnn23)[C@H](F)[C@@H]1O. The molecule has 3 unspecified atom stereocenters. The van der Waals surface area contributed by atoms with Crippen molar-refractivity contribution < 1.29 is 123 Å². The molecule has 6 heterocycles. The number of unbranched alkanes of at least 4 members (excludes halogenated alkanes) is 12. The number of phosphoric acid groups is 3. The first-order chi connectivity index (χ1) is 43.8. The maximum absolute atomic E-state index is 15.0. The molecule has 94 heavy (non-hydrogen) atoms. The number of hydrogen-bond donors (Lipinski definition) is 13. The molecule has 0 aliphatic carbocycles. The van der Waals surface area contributed by atoms with Gasteiger partial charge < -0.3 is 55.8 Å². The first kappa shape index (κ1) is 87.6. The largest absolute Gasteiger partial charge is 0.490 e. The van der Waals surface area contributed by atoms with Gasteiger partial charge in [0, 0.05) is 22.0 Å². The van der Waals surface area contributed by atoms with Crippen LogP contribution in [0.3, 0.4) is 0 Å². The van der Waals surface area contributed by atoms with Crippen LogP contribution in [-0.4, -0.2) is 137 Å². The fourth-order valence-electron chi connectivity index (χ4n) is 8.61. The molecule has 2 fully saturated rings. The van der Waals surface area contributed by atoms with Gasteiger partial charge in [-0.3, -0.25) is 4.52 Å². The summed E-state index contributed by atoms with van der Waals surface area (Å²) >= 11 is 0. The van der Waals surface area contributed by atoms with Crippen molar-refractivity contribution in [2.45, 2.75) is 200 Å². The Morgan fingerprint density at radius 2 is 1.09 bits per heavy atom. The summed E-state index contributed by atoms with van der Waals surface area (Å²) in [6.45, 7) is 10.7. The van der Waals surface area contributed by atoms with E-state index in [9.17, 15) is 61.4 Å². The van der Waals surface area contributed by atoms with Gasteiger partial charge in [0.2, 0.25) is 0 Å². The molecule has 4 aromatic heterocycles. The zero-order valence-corrected chi connectivity index (χ0v) is 56.0. The molecule has 0 saturated carbocycles. The van der Waals surface area contributed by atoms with Crippen molar-refractivity contribution >= 4 is 60.9 Å². The van der Waals surface area contributed by atoms with Gasteiger partial charge in [-0.05, 0) is 11.1 Å². The molecule has 0 bridgehead atoms. The number of nitrogen functional groups attached to an aromatic ring is 2. The molecular formula is C47H87F4N16O22P5. The Hall–Kier alpha value is -4.40. The number of halogens is 4. The van der Waals surface area contributed by atoms with Gasteiger partial charge in [0.1, 0.15) is 48.1 Å². The Morgan fingerprint density at radius 1 is 0.702 bits per heavy atom. The molecule has 15 N–H and O–H groups in total. The van der Waals surface area contributed by atoms with E-state index in [0.717, 1.165) is 46.7 Å². The molecule has 38 nitrogen and oxygen atoms in total. The molecule has 540 valence electrons. The third-order valence-corrected chi connectivity index (χ3v) is 23.0. The van der Waals surface area contributed by atoms with Crippen molar-refractivity contribution in [1.29, 1.82) is 0 Å². The van der Waals surface area contributed by atoms with Crippen LogP contribution in [0.25, 0.3) is 31.9 Å². The zero-order valence-electron chi connectivity index (χ0n) is 51.5. The van der Waals surface area contributed by atoms with E-state index in [2.05, 4.69) is 106 Å². The number of rotatable bonds is 34. The third-order valence-electron chi connectivity index (χ3n) is 13.4. The third kappa shape index (κ3) is 24.2. The summed E-state index contributed by atoms with van der Waals surface area (Å²) in [7, 11) is -25.7. The predicted octanol–water partition coefficient (Wildman–Crippen LogP) is 10.1. The summed E-state index contributed by atoms with van der Waals surface area (Å²) in [5, 5.41) is 69.2. The first-order valence-corrected chi connectivity index (χ1v) is 37.4. The second-order valence-electron chi connectivity index (χ2n) is 20.3. The molecule has 0 amide bonds. The van der Waals surface area contributed by atoms with Crippen LogP contribution in [0.4, 0.5) is 29.2 Å². The summed E-state index contributed by atoms with van der Waals surface area (Å²) in [4.78, 5) is 59.3. The maximum atomic E-state index is 15.0. The number of alkyl halides is 2. The van der Waals surface area contributed by atoms with E-state index >= 15 is 4.39 Å². The Kier molecular flexibility index (Phi) is 38.3. The van der Waals surface area contributed by atoms with Crippen LogP contribution in [0.5, 0.6) is 0 Å². The number of aliphatic hydroxyl groups excluding tert-OH is 3.